The van der Waals surface area contributed by atoms with Crippen molar-refractivity contribution in [3.05, 3.63) is 88.4 Å². The molecule has 0 unspecified atom stereocenters. The van der Waals surface area contributed by atoms with E-state index < -0.39 is 23.9 Å². The molecule has 0 saturated carbocycles. The van der Waals surface area contributed by atoms with Crippen LogP contribution in [0.15, 0.2) is 61.1 Å². The Kier molecular flexibility index (Phi) is 7.04. The lowest BCUT2D eigenvalue weighted by Crippen LogP contribution is -2.38. The van der Waals surface area contributed by atoms with Crippen molar-refractivity contribution in [2.24, 2.45) is 0 Å². The van der Waals surface area contributed by atoms with Gasteiger partial charge in [-0.3, -0.25) is 9.59 Å². The summed E-state index contributed by atoms with van der Waals surface area (Å²) in [6, 6.07) is 11.3. The van der Waals surface area contributed by atoms with Crippen molar-refractivity contribution in [2.75, 3.05) is 18.1 Å². The molecular weight excluding hydrogens is 531 g/mol. The van der Waals surface area contributed by atoms with Crippen LogP contribution in [0.25, 0.3) is 10.6 Å². The number of aromatic nitrogens is 3. The molecule has 0 saturated heterocycles. The van der Waals surface area contributed by atoms with Gasteiger partial charge in [0.2, 0.25) is 5.82 Å². The minimum absolute atomic E-state index is 0.229. The molecular formula is C27H22F3N5O3S. The van der Waals surface area contributed by atoms with Gasteiger partial charge in [0, 0.05) is 40.2 Å². The number of anilines is 1. The first-order chi connectivity index (χ1) is 18.6. The molecule has 1 aliphatic rings. The molecule has 1 aliphatic heterocycles. The summed E-state index contributed by atoms with van der Waals surface area (Å²) in [6.45, 7) is 4.06. The average molecular weight is 554 g/mol. The Morgan fingerprint density at radius 3 is 2.41 bits per heavy atom. The predicted octanol–water partition coefficient (Wildman–Crippen LogP) is 5.46. The molecule has 0 bridgehead atoms. The number of fused-ring (bicyclic) bond motifs is 1. The van der Waals surface area contributed by atoms with E-state index in [1.807, 2.05) is 13.0 Å². The number of thiazole rings is 1. The van der Waals surface area contributed by atoms with Crippen LogP contribution >= 0.6 is 11.3 Å². The van der Waals surface area contributed by atoms with E-state index in [-0.39, 0.29) is 24.6 Å². The molecule has 2 aromatic carbocycles. The monoisotopic (exact) mass is 553 g/mol. The van der Waals surface area contributed by atoms with E-state index in [4.69, 9.17) is 4.74 Å². The molecule has 0 radical (unpaired) electrons. The van der Waals surface area contributed by atoms with Gasteiger partial charge < -0.3 is 15.0 Å². The molecule has 2 aromatic heterocycles. The van der Waals surface area contributed by atoms with Gasteiger partial charge in [0.15, 0.2) is 5.75 Å². The lowest BCUT2D eigenvalue weighted by Gasteiger charge is -2.31. The second kappa shape index (κ2) is 10.4. The number of halogens is 3. The minimum atomic E-state index is -4.66. The number of carbonyl (C=O) groups is 2. The summed E-state index contributed by atoms with van der Waals surface area (Å²) in [5, 5.41) is 3.40. The van der Waals surface area contributed by atoms with E-state index in [9.17, 15) is 22.8 Å². The average Bonchev–Trinajstić information content (AvgIpc) is 3.37. The normalized spacial score (nSPS) is 13.8. The zero-order valence-corrected chi connectivity index (χ0v) is 21.6. The van der Waals surface area contributed by atoms with Crippen LogP contribution in [0.1, 0.15) is 49.9 Å². The number of amides is 2. The van der Waals surface area contributed by atoms with Gasteiger partial charge in [-0.05, 0) is 38.1 Å². The molecule has 3 heterocycles. The Hall–Kier alpha value is -4.32. The van der Waals surface area contributed by atoms with E-state index in [2.05, 4.69) is 20.3 Å². The maximum absolute atomic E-state index is 13.4. The summed E-state index contributed by atoms with van der Waals surface area (Å²) in [5.41, 5.74) is 2.01. The third kappa shape index (κ3) is 5.46. The van der Waals surface area contributed by atoms with E-state index in [0.29, 0.717) is 33.1 Å². The second-order valence-electron chi connectivity index (χ2n) is 8.85. The number of carbonyl (C=O) groups excluding carboxylic acids is 2. The number of hydrogen-bond donors (Lipinski definition) is 1. The fourth-order valence-corrected chi connectivity index (χ4v) is 4.89. The first-order valence-corrected chi connectivity index (χ1v) is 12.7. The van der Waals surface area contributed by atoms with Crippen LogP contribution in [0.5, 0.6) is 5.75 Å². The van der Waals surface area contributed by atoms with Crippen LogP contribution in [0, 0.1) is 6.92 Å². The van der Waals surface area contributed by atoms with Gasteiger partial charge in [0.25, 0.3) is 11.8 Å². The van der Waals surface area contributed by atoms with Crippen molar-refractivity contribution in [2.45, 2.75) is 26.1 Å². The standard InChI is InChI=1S/C27H22F3N5O3S/c1-15-12-31-24(39-15)20-10-18(23(36)34-16(2)19-13-32-26(33-14-19)27(28,29)30)11-21-22(20)38-9-8-35(21)25(37)17-6-4-3-5-7-17/h3-7,10-14,16H,8-9H2,1-2H3,(H,34,36)/t16-/m1/s1. The van der Waals surface area contributed by atoms with Crippen LogP contribution < -0.4 is 15.0 Å². The van der Waals surface area contributed by atoms with Gasteiger partial charge in [0.1, 0.15) is 11.6 Å². The molecule has 39 heavy (non-hydrogen) atoms. The summed E-state index contributed by atoms with van der Waals surface area (Å²) >= 11 is 1.42. The van der Waals surface area contributed by atoms with Crippen LogP contribution in [0.3, 0.4) is 0 Å². The van der Waals surface area contributed by atoms with Crippen LogP contribution in [-0.4, -0.2) is 39.9 Å². The van der Waals surface area contributed by atoms with Crippen molar-refractivity contribution in [3.8, 4) is 16.3 Å². The molecule has 200 valence electrons. The van der Waals surface area contributed by atoms with Gasteiger partial charge in [-0.1, -0.05) is 18.2 Å². The van der Waals surface area contributed by atoms with Crippen LogP contribution in [0.2, 0.25) is 0 Å². The quantitative estimate of drug-likeness (QED) is 0.353. The van der Waals surface area contributed by atoms with Gasteiger partial charge >= 0.3 is 6.18 Å². The molecule has 1 N–H and O–H groups in total. The Balaban J connectivity index is 1.51. The number of hydrogen-bond acceptors (Lipinski definition) is 7. The predicted molar refractivity (Wildman–Crippen MR) is 139 cm³/mol. The Bertz CT molecular complexity index is 1520. The van der Waals surface area contributed by atoms with E-state index in [1.54, 1.807) is 54.4 Å². The molecule has 12 heteroatoms. The molecule has 1 atom stereocenters. The smallest absolute Gasteiger partial charge is 0.451 e. The number of rotatable bonds is 5. The summed E-state index contributed by atoms with van der Waals surface area (Å²) < 4.78 is 44.5. The number of ether oxygens (including phenoxy) is 1. The lowest BCUT2D eigenvalue weighted by molar-refractivity contribution is -0.145. The van der Waals surface area contributed by atoms with Crippen molar-refractivity contribution >= 4 is 28.8 Å². The van der Waals surface area contributed by atoms with Gasteiger partial charge in [-0.2, -0.15) is 13.2 Å². The molecule has 0 spiro atoms. The van der Waals surface area contributed by atoms with Crippen molar-refractivity contribution in [1.29, 1.82) is 0 Å². The molecule has 2 amide bonds. The lowest BCUT2D eigenvalue weighted by atomic mass is 10.0. The van der Waals surface area contributed by atoms with Gasteiger partial charge in [-0.15, -0.1) is 11.3 Å². The molecule has 5 rings (SSSR count). The van der Waals surface area contributed by atoms with Gasteiger partial charge in [0.05, 0.1) is 23.8 Å². The summed E-state index contributed by atoms with van der Waals surface area (Å²) in [4.78, 5) is 40.5. The molecule has 0 aliphatic carbocycles. The highest BCUT2D eigenvalue weighted by Gasteiger charge is 2.34. The van der Waals surface area contributed by atoms with E-state index in [1.165, 1.54) is 11.3 Å². The van der Waals surface area contributed by atoms with Crippen LogP contribution in [0.4, 0.5) is 18.9 Å². The number of nitrogens with one attached hydrogen (secondary N) is 1. The SMILES string of the molecule is Cc1cnc(-c2cc(C(=O)N[C@H](C)c3cnc(C(F)(F)F)nc3)cc3c2OCCN3C(=O)c2ccccc2)s1. The Morgan fingerprint density at radius 1 is 1.05 bits per heavy atom. The minimum Gasteiger partial charge on any atom is -0.489 e. The highest BCUT2D eigenvalue weighted by molar-refractivity contribution is 7.15. The first kappa shape index (κ1) is 26.3. The fraction of sp³-hybridized carbons (Fsp3) is 0.222. The van der Waals surface area contributed by atoms with E-state index in [0.717, 1.165) is 17.3 Å². The second-order valence-corrected chi connectivity index (χ2v) is 10.1. The maximum Gasteiger partial charge on any atom is 0.451 e. The van der Waals surface area contributed by atoms with Crippen molar-refractivity contribution < 1.29 is 27.5 Å². The molecule has 4 aromatic rings. The molecule has 8 nitrogen and oxygen atoms in total. The first-order valence-electron chi connectivity index (χ1n) is 11.9. The highest BCUT2D eigenvalue weighted by atomic mass is 32.1. The number of alkyl halides is 3. The van der Waals surface area contributed by atoms with Crippen molar-refractivity contribution in [1.82, 2.24) is 20.3 Å². The topological polar surface area (TPSA) is 97.3 Å². The number of nitrogens with zero attached hydrogens (tertiary/aromatic N) is 4. The van der Waals surface area contributed by atoms with Crippen LogP contribution in [-0.2, 0) is 6.18 Å². The highest BCUT2D eigenvalue weighted by Crippen LogP contribution is 2.43. The summed E-state index contributed by atoms with van der Waals surface area (Å²) in [6.07, 6.45) is -0.887. The third-order valence-corrected chi connectivity index (χ3v) is 7.02. The maximum atomic E-state index is 13.4. The number of aryl methyl sites for hydroxylation is 1. The Morgan fingerprint density at radius 2 is 1.77 bits per heavy atom. The number of benzene rings is 2. The Labute approximate surface area is 225 Å². The summed E-state index contributed by atoms with van der Waals surface area (Å²) in [5.74, 6) is -1.56. The summed E-state index contributed by atoms with van der Waals surface area (Å²) in [7, 11) is 0. The largest absolute Gasteiger partial charge is 0.489 e. The third-order valence-electron chi connectivity index (χ3n) is 6.07. The van der Waals surface area contributed by atoms with E-state index >= 15 is 0 Å². The zero-order chi connectivity index (χ0) is 27.7. The molecule has 0 fully saturated rings. The van der Waals surface area contributed by atoms with Crippen molar-refractivity contribution in [3.63, 3.8) is 0 Å². The zero-order valence-electron chi connectivity index (χ0n) is 20.8. The van der Waals surface area contributed by atoms with Gasteiger partial charge in [-0.25, -0.2) is 15.0 Å². The fourth-order valence-electron chi connectivity index (χ4n) is 4.11.